The molecule has 0 aromatic heterocycles. The lowest BCUT2D eigenvalue weighted by Gasteiger charge is -2.58. The van der Waals surface area contributed by atoms with Gasteiger partial charge in [0.25, 0.3) is 5.69 Å². The van der Waals surface area contributed by atoms with Crippen molar-refractivity contribution in [3.05, 3.63) is 46.0 Å². The fourth-order valence-corrected chi connectivity index (χ4v) is 9.64. The molecule has 1 aromatic carbocycles. The summed E-state index contributed by atoms with van der Waals surface area (Å²) in [5.74, 6) is 5.11. The van der Waals surface area contributed by atoms with Crippen molar-refractivity contribution in [2.24, 2.45) is 46.3 Å². The molecule has 220 valence electrons. The SMILES string of the molecule is CC(C)CCC[C@@H](C)[C@@H]1CC[C@H]2[C@H]3CC=C4C[C@@H](OC(=O)Oc5ccc([N+](=O)[O-])cc5)CC[C@]4(C)[C@@H]3CC[C@@]21C. The van der Waals surface area contributed by atoms with Crippen molar-refractivity contribution in [2.75, 3.05) is 0 Å². The van der Waals surface area contributed by atoms with Crippen LogP contribution in [0.15, 0.2) is 35.9 Å². The van der Waals surface area contributed by atoms with Gasteiger partial charge in [-0.05, 0) is 103 Å². The highest BCUT2D eigenvalue weighted by Gasteiger charge is 2.59. The summed E-state index contributed by atoms with van der Waals surface area (Å²) in [5.41, 5.74) is 2.13. The summed E-state index contributed by atoms with van der Waals surface area (Å²) in [6.07, 6.45) is 15.1. The number of allylic oxidation sites excluding steroid dienone is 1. The van der Waals surface area contributed by atoms with Crippen LogP contribution in [-0.4, -0.2) is 17.2 Å². The van der Waals surface area contributed by atoms with E-state index in [2.05, 4.69) is 40.7 Å². The zero-order valence-corrected chi connectivity index (χ0v) is 25.2. The number of ether oxygens (including phenoxy) is 2. The first-order valence-electron chi connectivity index (χ1n) is 15.8. The number of hydrogen-bond donors (Lipinski definition) is 0. The van der Waals surface area contributed by atoms with Gasteiger partial charge in [0.15, 0.2) is 0 Å². The van der Waals surface area contributed by atoms with E-state index in [4.69, 9.17) is 9.47 Å². The fourth-order valence-electron chi connectivity index (χ4n) is 9.64. The summed E-state index contributed by atoms with van der Waals surface area (Å²) < 4.78 is 11.1. The molecule has 4 aliphatic rings. The molecule has 0 radical (unpaired) electrons. The Balaban J connectivity index is 1.20. The summed E-state index contributed by atoms with van der Waals surface area (Å²) in [6, 6.07) is 5.51. The van der Waals surface area contributed by atoms with E-state index in [0.29, 0.717) is 5.41 Å². The summed E-state index contributed by atoms with van der Waals surface area (Å²) in [7, 11) is 0. The molecule has 3 fully saturated rings. The largest absolute Gasteiger partial charge is 0.514 e. The lowest BCUT2D eigenvalue weighted by atomic mass is 9.47. The van der Waals surface area contributed by atoms with Gasteiger partial charge in [0, 0.05) is 18.6 Å². The molecule has 0 aliphatic heterocycles. The van der Waals surface area contributed by atoms with E-state index in [9.17, 15) is 14.9 Å². The minimum absolute atomic E-state index is 0.0397. The molecule has 5 rings (SSSR count). The van der Waals surface area contributed by atoms with Gasteiger partial charge >= 0.3 is 6.16 Å². The maximum Gasteiger partial charge on any atom is 0.514 e. The second-order valence-corrected chi connectivity index (χ2v) is 14.4. The number of benzene rings is 1. The van der Waals surface area contributed by atoms with Gasteiger partial charge in [-0.1, -0.05) is 65.5 Å². The number of nitro groups is 1. The predicted octanol–water partition coefficient (Wildman–Crippen LogP) is 9.52. The molecule has 0 heterocycles. The average Bonchev–Trinajstić information content (AvgIpc) is 3.26. The summed E-state index contributed by atoms with van der Waals surface area (Å²) >= 11 is 0. The van der Waals surface area contributed by atoms with E-state index in [1.165, 1.54) is 81.2 Å². The van der Waals surface area contributed by atoms with Crippen LogP contribution >= 0.6 is 0 Å². The third-order valence-corrected chi connectivity index (χ3v) is 11.8. The number of nitrogens with zero attached hydrogens (tertiary/aromatic N) is 1. The van der Waals surface area contributed by atoms with Crippen molar-refractivity contribution in [3.8, 4) is 5.75 Å². The number of nitro benzene ring substituents is 1. The standard InChI is InChI=1S/C34H49NO5/c1-22(2)7-6-8-23(3)29-15-16-30-28-14-9-24-21-27(17-19-33(24,4)31(28)18-20-34(29,30)5)40-32(36)39-26-12-10-25(11-13-26)35(37)38/h9-13,22-23,27-31H,6-8,14-21H2,1-5H3/t23-,27+,28-,29+,30+,31-,33+,34-/m1/s1. The molecule has 0 saturated heterocycles. The Bertz CT molecular complexity index is 1110. The smallest absolute Gasteiger partial charge is 0.430 e. The van der Waals surface area contributed by atoms with Crippen LogP contribution < -0.4 is 4.74 Å². The number of rotatable bonds is 8. The first kappa shape index (κ1) is 29.1. The first-order valence-corrected chi connectivity index (χ1v) is 15.8. The predicted molar refractivity (Wildman–Crippen MR) is 157 cm³/mol. The van der Waals surface area contributed by atoms with Crippen molar-refractivity contribution in [1.82, 2.24) is 0 Å². The van der Waals surface area contributed by atoms with E-state index >= 15 is 0 Å². The Morgan fingerprint density at radius 3 is 2.48 bits per heavy atom. The topological polar surface area (TPSA) is 78.7 Å². The maximum absolute atomic E-state index is 12.5. The van der Waals surface area contributed by atoms with Crippen LogP contribution in [0, 0.1) is 56.5 Å². The van der Waals surface area contributed by atoms with Crippen LogP contribution in [0.4, 0.5) is 10.5 Å². The molecular weight excluding hydrogens is 502 g/mol. The molecule has 0 spiro atoms. The molecular formula is C34H49NO5. The number of carbonyl (C=O) groups is 1. The number of fused-ring (bicyclic) bond motifs is 5. The Kier molecular flexibility index (Phi) is 8.37. The van der Waals surface area contributed by atoms with E-state index < -0.39 is 11.1 Å². The van der Waals surface area contributed by atoms with Crippen LogP contribution in [0.2, 0.25) is 0 Å². The van der Waals surface area contributed by atoms with Crippen molar-refractivity contribution in [2.45, 2.75) is 111 Å². The molecule has 40 heavy (non-hydrogen) atoms. The molecule has 8 atom stereocenters. The van der Waals surface area contributed by atoms with Gasteiger partial charge in [-0.15, -0.1) is 0 Å². The zero-order chi connectivity index (χ0) is 28.7. The van der Waals surface area contributed by atoms with E-state index in [1.807, 2.05) is 0 Å². The number of hydrogen-bond acceptors (Lipinski definition) is 5. The third-order valence-electron chi connectivity index (χ3n) is 11.8. The number of carbonyl (C=O) groups excluding carboxylic acids is 1. The number of non-ortho nitro benzene ring substituents is 1. The van der Waals surface area contributed by atoms with Crippen LogP contribution in [-0.2, 0) is 4.74 Å². The average molecular weight is 552 g/mol. The van der Waals surface area contributed by atoms with Gasteiger partial charge in [-0.3, -0.25) is 10.1 Å². The molecule has 0 bridgehead atoms. The van der Waals surface area contributed by atoms with Gasteiger partial charge in [-0.25, -0.2) is 4.79 Å². The molecule has 3 saturated carbocycles. The molecule has 0 amide bonds. The van der Waals surface area contributed by atoms with Gasteiger partial charge in [0.05, 0.1) is 4.92 Å². The van der Waals surface area contributed by atoms with Gasteiger partial charge < -0.3 is 9.47 Å². The quantitative estimate of drug-likeness (QED) is 0.106. The normalized spacial score (nSPS) is 35.6. The van der Waals surface area contributed by atoms with Crippen molar-refractivity contribution in [3.63, 3.8) is 0 Å². The minimum Gasteiger partial charge on any atom is -0.430 e. The minimum atomic E-state index is -0.732. The highest BCUT2D eigenvalue weighted by molar-refractivity contribution is 5.64. The summed E-state index contributed by atoms with van der Waals surface area (Å²) in [5, 5.41) is 10.9. The fraction of sp³-hybridized carbons (Fsp3) is 0.735. The second kappa shape index (κ2) is 11.5. The van der Waals surface area contributed by atoms with E-state index in [0.717, 1.165) is 54.8 Å². The van der Waals surface area contributed by atoms with Gasteiger partial charge in [0.1, 0.15) is 11.9 Å². The van der Waals surface area contributed by atoms with Crippen LogP contribution in [0.5, 0.6) is 5.75 Å². The van der Waals surface area contributed by atoms with Gasteiger partial charge in [0.2, 0.25) is 0 Å². The Morgan fingerprint density at radius 1 is 1.02 bits per heavy atom. The third kappa shape index (κ3) is 5.56. The van der Waals surface area contributed by atoms with E-state index in [1.54, 1.807) is 0 Å². The molecule has 0 N–H and O–H groups in total. The van der Waals surface area contributed by atoms with Crippen molar-refractivity contribution >= 4 is 11.8 Å². The maximum atomic E-state index is 12.5. The van der Waals surface area contributed by atoms with Crippen LogP contribution in [0.1, 0.15) is 105 Å². The molecule has 6 heteroatoms. The van der Waals surface area contributed by atoms with E-state index in [-0.39, 0.29) is 23.0 Å². The summed E-state index contributed by atoms with van der Waals surface area (Å²) in [4.78, 5) is 22.9. The molecule has 6 nitrogen and oxygen atoms in total. The Hall–Kier alpha value is -2.37. The van der Waals surface area contributed by atoms with Crippen molar-refractivity contribution in [1.29, 1.82) is 0 Å². The highest BCUT2D eigenvalue weighted by Crippen LogP contribution is 2.67. The monoisotopic (exact) mass is 551 g/mol. The van der Waals surface area contributed by atoms with Gasteiger partial charge in [-0.2, -0.15) is 0 Å². The lowest BCUT2D eigenvalue weighted by molar-refractivity contribution is -0.384. The second-order valence-electron chi connectivity index (χ2n) is 14.4. The molecule has 0 unspecified atom stereocenters. The highest BCUT2D eigenvalue weighted by atomic mass is 16.7. The molecule has 4 aliphatic carbocycles. The summed E-state index contributed by atoms with van der Waals surface area (Å²) in [6.45, 7) is 12.4. The Labute approximate surface area is 240 Å². The Morgan fingerprint density at radius 2 is 1.77 bits per heavy atom. The molecule has 1 aromatic rings. The van der Waals surface area contributed by atoms with Crippen molar-refractivity contribution < 1.29 is 19.2 Å². The van der Waals surface area contributed by atoms with Crippen LogP contribution in [0.3, 0.4) is 0 Å². The zero-order valence-electron chi connectivity index (χ0n) is 25.2. The lowest BCUT2D eigenvalue weighted by Crippen LogP contribution is -2.51. The first-order chi connectivity index (χ1) is 19.0. The van der Waals surface area contributed by atoms with Crippen LogP contribution in [0.25, 0.3) is 0 Å².